The molecule has 1 nitrogen and oxygen atoms in total. The third kappa shape index (κ3) is 1.97. The SMILES string of the molecule is Fc1cc(C(F)(F)F)ccc1C1CCN1. The van der Waals surface area contributed by atoms with Gasteiger partial charge in [0.1, 0.15) is 5.82 Å². The summed E-state index contributed by atoms with van der Waals surface area (Å²) in [6, 6.07) is 2.54. The Labute approximate surface area is 84.1 Å². The molecule has 1 aliphatic heterocycles. The van der Waals surface area contributed by atoms with Crippen LogP contribution in [0.2, 0.25) is 0 Å². The predicted octanol–water partition coefficient (Wildman–Crippen LogP) is 2.88. The monoisotopic (exact) mass is 219 g/mol. The molecule has 15 heavy (non-hydrogen) atoms. The molecule has 0 bridgehead atoms. The Hall–Kier alpha value is -1.10. The maximum Gasteiger partial charge on any atom is 0.416 e. The zero-order chi connectivity index (χ0) is 11.1. The predicted molar refractivity (Wildman–Crippen MR) is 46.8 cm³/mol. The zero-order valence-electron chi connectivity index (χ0n) is 7.74. The molecule has 0 aliphatic carbocycles. The summed E-state index contributed by atoms with van der Waals surface area (Å²) < 4.78 is 50.0. The lowest BCUT2D eigenvalue weighted by Gasteiger charge is -2.28. The largest absolute Gasteiger partial charge is 0.416 e. The molecule has 1 saturated heterocycles. The Morgan fingerprint density at radius 1 is 1.27 bits per heavy atom. The highest BCUT2D eigenvalue weighted by Crippen LogP contribution is 2.32. The summed E-state index contributed by atoms with van der Waals surface area (Å²) >= 11 is 0. The van der Waals surface area contributed by atoms with Gasteiger partial charge in [0.25, 0.3) is 0 Å². The summed E-state index contributed by atoms with van der Waals surface area (Å²) in [6.45, 7) is 0.783. The summed E-state index contributed by atoms with van der Waals surface area (Å²) in [5.74, 6) is -0.790. The average molecular weight is 219 g/mol. The van der Waals surface area contributed by atoms with Gasteiger partial charge >= 0.3 is 6.18 Å². The maximum absolute atomic E-state index is 13.3. The molecule has 0 radical (unpaired) electrons. The third-order valence-electron chi connectivity index (χ3n) is 2.53. The van der Waals surface area contributed by atoms with Crippen molar-refractivity contribution < 1.29 is 17.6 Å². The van der Waals surface area contributed by atoms with Crippen LogP contribution in [0.4, 0.5) is 17.6 Å². The molecule has 1 fully saturated rings. The van der Waals surface area contributed by atoms with Crippen molar-refractivity contribution in [1.82, 2.24) is 5.32 Å². The molecule has 1 atom stereocenters. The van der Waals surface area contributed by atoms with E-state index < -0.39 is 17.6 Å². The van der Waals surface area contributed by atoms with Crippen LogP contribution in [-0.2, 0) is 6.18 Å². The molecule has 0 spiro atoms. The Bertz CT molecular complexity index is 368. The van der Waals surface area contributed by atoms with E-state index in [1.54, 1.807) is 0 Å². The fraction of sp³-hybridized carbons (Fsp3) is 0.400. The topological polar surface area (TPSA) is 12.0 Å². The van der Waals surface area contributed by atoms with Crippen LogP contribution in [0.5, 0.6) is 0 Å². The Balaban J connectivity index is 2.30. The van der Waals surface area contributed by atoms with E-state index in [-0.39, 0.29) is 6.04 Å². The van der Waals surface area contributed by atoms with Gasteiger partial charge in [0, 0.05) is 11.6 Å². The van der Waals surface area contributed by atoms with E-state index in [1.807, 2.05) is 0 Å². The average Bonchev–Trinajstić information content (AvgIpc) is 2.03. The van der Waals surface area contributed by atoms with Gasteiger partial charge in [0.2, 0.25) is 0 Å². The number of benzene rings is 1. The Kier molecular flexibility index (Phi) is 2.42. The number of alkyl halides is 3. The van der Waals surface area contributed by atoms with E-state index in [9.17, 15) is 17.6 Å². The van der Waals surface area contributed by atoms with Gasteiger partial charge in [-0.05, 0) is 25.1 Å². The minimum atomic E-state index is -4.48. The standard InChI is InChI=1S/C10H9F4N/c11-8-5-6(10(12,13)14)1-2-7(8)9-3-4-15-9/h1-2,5,9,15H,3-4H2. The quantitative estimate of drug-likeness (QED) is 0.716. The second kappa shape index (κ2) is 3.48. The highest BCUT2D eigenvalue weighted by Gasteiger charge is 2.32. The Morgan fingerprint density at radius 3 is 2.33 bits per heavy atom. The van der Waals surface area contributed by atoms with Crippen LogP contribution < -0.4 is 5.32 Å². The van der Waals surface area contributed by atoms with Crippen molar-refractivity contribution in [2.24, 2.45) is 0 Å². The van der Waals surface area contributed by atoms with Crippen LogP contribution in [0.25, 0.3) is 0 Å². The van der Waals surface area contributed by atoms with Gasteiger partial charge in [-0.15, -0.1) is 0 Å². The van der Waals surface area contributed by atoms with Gasteiger partial charge in [0.15, 0.2) is 0 Å². The van der Waals surface area contributed by atoms with E-state index in [4.69, 9.17) is 0 Å². The van der Waals surface area contributed by atoms with E-state index >= 15 is 0 Å². The van der Waals surface area contributed by atoms with Gasteiger partial charge in [-0.3, -0.25) is 0 Å². The van der Waals surface area contributed by atoms with Crippen LogP contribution >= 0.6 is 0 Å². The molecule has 2 rings (SSSR count). The number of hydrogen-bond acceptors (Lipinski definition) is 1. The van der Waals surface area contributed by atoms with E-state index in [1.165, 1.54) is 6.07 Å². The fourth-order valence-corrected chi connectivity index (χ4v) is 1.54. The molecular weight excluding hydrogens is 210 g/mol. The molecule has 82 valence electrons. The van der Waals surface area contributed by atoms with Crippen molar-refractivity contribution >= 4 is 0 Å². The second-order valence-corrected chi connectivity index (χ2v) is 3.53. The third-order valence-corrected chi connectivity index (χ3v) is 2.53. The smallest absolute Gasteiger partial charge is 0.310 e. The highest BCUT2D eigenvalue weighted by molar-refractivity contribution is 5.29. The van der Waals surface area contributed by atoms with Crippen molar-refractivity contribution in [2.45, 2.75) is 18.6 Å². The minimum absolute atomic E-state index is 0.132. The van der Waals surface area contributed by atoms with Crippen LogP contribution in [0.15, 0.2) is 18.2 Å². The lowest BCUT2D eigenvalue weighted by atomic mass is 9.96. The molecule has 0 saturated carbocycles. The van der Waals surface area contributed by atoms with Crippen molar-refractivity contribution in [1.29, 1.82) is 0 Å². The van der Waals surface area contributed by atoms with Crippen LogP contribution in [-0.4, -0.2) is 6.54 Å². The second-order valence-electron chi connectivity index (χ2n) is 3.53. The lowest BCUT2D eigenvalue weighted by molar-refractivity contribution is -0.137. The van der Waals surface area contributed by atoms with E-state index in [2.05, 4.69) is 5.32 Å². The molecule has 1 heterocycles. The molecule has 5 heteroatoms. The first-order valence-electron chi connectivity index (χ1n) is 4.58. The van der Waals surface area contributed by atoms with Crippen molar-refractivity contribution in [2.75, 3.05) is 6.54 Å². The molecular formula is C10H9F4N. The first-order chi connectivity index (χ1) is 6.98. The molecule has 1 aromatic carbocycles. The number of halogens is 4. The zero-order valence-corrected chi connectivity index (χ0v) is 7.74. The van der Waals surface area contributed by atoms with Crippen LogP contribution in [0, 0.1) is 5.82 Å². The lowest BCUT2D eigenvalue weighted by Crippen LogP contribution is -2.35. The summed E-state index contributed by atoms with van der Waals surface area (Å²) in [5.41, 5.74) is -0.627. The summed E-state index contributed by atoms with van der Waals surface area (Å²) in [4.78, 5) is 0. The summed E-state index contributed by atoms with van der Waals surface area (Å²) in [6.07, 6.45) is -3.71. The number of hydrogen-bond donors (Lipinski definition) is 1. The van der Waals surface area contributed by atoms with Crippen molar-refractivity contribution in [3.05, 3.63) is 35.1 Å². The van der Waals surface area contributed by atoms with Gasteiger partial charge in [-0.25, -0.2) is 4.39 Å². The number of nitrogens with one attached hydrogen (secondary N) is 1. The molecule has 1 unspecified atom stereocenters. The molecule has 1 aromatic rings. The Morgan fingerprint density at radius 2 is 1.93 bits per heavy atom. The van der Waals surface area contributed by atoms with E-state index in [0.29, 0.717) is 11.6 Å². The first kappa shape index (κ1) is 10.4. The van der Waals surface area contributed by atoms with Crippen molar-refractivity contribution in [3.63, 3.8) is 0 Å². The van der Waals surface area contributed by atoms with Gasteiger partial charge in [-0.1, -0.05) is 6.07 Å². The normalized spacial score (nSPS) is 21.2. The van der Waals surface area contributed by atoms with Crippen molar-refractivity contribution in [3.8, 4) is 0 Å². The van der Waals surface area contributed by atoms with Gasteiger partial charge in [0.05, 0.1) is 5.56 Å². The van der Waals surface area contributed by atoms with Gasteiger partial charge < -0.3 is 5.32 Å². The maximum atomic E-state index is 13.3. The fourth-order valence-electron chi connectivity index (χ4n) is 1.54. The number of rotatable bonds is 1. The molecule has 1 aliphatic rings. The summed E-state index contributed by atoms with van der Waals surface area (Å²) in [5, 5.41) is 2.94. The van der Waals surface area contributed by atoms with Crippen LogP contribution in [0.3, 0.4) is 0 Å². The molecule has 1 N–H and O–H groups in total. The highest BCUT2D eigenvalue weighted by atomic mass is 19.4. The van der Waals surface area contributed by atoms with E-state index in [0.717, 1.165) is 19.0 Å². The molecule has 0 amide bonds. The summed E-state index contributed by atoms with van der Waals surface area (Å²) in [7, 11) is 0. The van der Waals surface area contributed by atoms with Crippen LogP contribution in [0.1, 0.15) is 23.6 Å². The molecule has 0 aromatic heterocycles. The van der Waals surface area contributed by atoms with Gasteiger partial charge in [-0.2, -0.15) is 13.2 Å². The first-order valence-corrected chi connectivity index (χ1v) is 4.58. The minimum Gasteiger partial charge on any atom is -0.310 e.